The van der Waals surface area contributed by atoms with E-state index in [1.807, 2.05) is 20.8 Å². The van der Waals surface area contributed by atoms with E-state index < -0.39 is 0 Å². The summed E-state index contributed by atoms with van der Waals surface area (Å²) in [4.78, 5) is 8.22. The molecule has 1 aromatic heterocycles. The number of aromatic nitrogens is 2. The summed E-state index contributed by atoms with van der Waals surface area (Å²) in [6, 6.07) is 0.219. The van der Waals surface area contributed by atoms with Crippen molar-refractivity contribution >= 4 is 11.6 Å². The number of aliphatic hydroxyl groups excluding tert-OH is 1. The van der Waals surface area contributed by atoms with Crippen LogP contribution < -0.4 is 16.6 Å². The zero-order chi connectivity index (χ0) is 12.6. The SMILES string of the molecule is Cc1c(NN)ncnc1NC1CC(O)C1(C)C. The first-order valence-corrected chi connectivity index (χ1v) is 5.69. The summed E-state index contributed by atoms with van der Waals surface area (Å²) in [5.41, 5.74) is 3.28. The van der Waals surface area contributed by atoms with E-state index in [4.69, 9.17) is 5.84 Å². The molecule has 0 spiro atoms. The van der Waals surface area contributed by atoms with Crippen molar-refractivity contribution in [1.29, 1.82) is 0 Å². The highest BCUT2D eigenvalue weighted by molar-refractivity contribution is 5.56. The van der Waals surface area contributed by atoms with Crippen LogP contribution in [-0.2, 0) is 0 Å². The van der Waals surface area contributed by atoms with Crippen LogP contribution in [0.1, 0.15) is 25.8 Å². The first kappa shape index (κ1) is 12.1. The molecule has 2 unspecified atom stereocenters. The Balaban J connectivity index is 2.15. The van der Waals surface area contributed by atoms with Crippen molar-refractivity contribution < 1.29 is 5.11 Å². The molecule has 1 saturated carbocycles. The summed E-state index contributed by atoms with van der Waals surface area (Å²) < 4.78 is 0. The molecule has 6 nitrogen and oxygen atoms in total. The van der Waals surface area contributed by atoms with Crippen LogP contribution >= 0.6 is 0 Å². The highest BCUT2D eigenvalue weighted by Crippen LogP contribution is 2.42. The van der Waals surface area contributed by atoms with Crippen molar-refractivity contribution in [2.75, 3.05) is 10.7 Å². The second kappa shape index (κ2) is 4.12. The molecule has 0 saturated heterocycles. The molecule has 0 aliphatic heterocycles. The molecular formula is C11H19N5O. The van der Waals surface area contributed by atoms with Gasteiger partial charge in [-0.15, -0.1) is 0 Å². The molecular weight excluding hydrogens is 218 g/mol. The van der Waals surface area contributed by atoms with Gasteiger partial charge in [-0.25, -0.2) is 15.8 Å². The number of rotatable bonds is 3. The number of hydrogen-bond donors (Lipinski definition) is 4. The predicted molar refractivity (Wildman–Crippen MR) is 66.4 cm³/mol. The summed E-state index contributed by atoms with van der Waals surface area (Å²) in [6.07, 6.45) is 1.95. The van der Waals surface area contributed by atoms with Crippen molar-refractivity contribution in [2.24, 2.45) is 11.3 Å². The Morgan fingerprint density at radius 3 is 2.59 bits per heavy atom. The molecule has 6 heteroatoms. The Labute approximate surface area is 101 Å². The summed E-state index contributed by atoms with van der Waals surface area (Å²) in [5.74, 6) is 6.74. The number of anilines is 2. The number of aliphatic hydroxyl groups is 1. The minimum Gasteiger partial charge on any atom is -0.392 e. The van der Waals surface area contributed by atoms with Gasteiger partial charge in [0.25, 0.3) is 0 Å². The third-order valence-electron chi connectivity index (χ3n) is 3.75. The van der Waals surface area contributed by atoms with E-state index in [1.165, 1.54) is 6.33 Å². The fourth-order valence-corrected chi connectivity index (χ4v) is 2.05. The molecule has 1 aliphatic carbocycles. The lowest BCUT2D eigenvalue weighted by molar-refractivity contribution is -0.0511. The van der Waals surface area contributed by atoms with Gasteiger partial charge in [-0.2, -0.15) is 0 Å². The Morgan fingerprint density at radius 1 is 1.41 bits per heavy atom. The van der Waals surface area contributed by atoms with Gasteiger partial charge in [-0.1, -0.05) is 13.8 Å². The van der Waals surface area contributed by atoms with Gasteiger partial charge in [0.05, 0.1) is 6.10 Å². The summed E-state index contributed by atoms with van der Waals surface area (Å²) in [7, 11) is 0. The number of nitrogens with zero attached hydrogens (tertiary/aromatic N) is 2. The van der Waals surface area contributed by atoms with Gasteiger partial charge < -0.3 is 15.8 Å². The lowest BCUT2D eigenvalue weighted by atomic mass is 9.64. The molecule has 1 aliphatic rings. The first-order valence-electron chi connectivity index (χ1n) is 5.69. The van der Waals surface area contributed by atoms with Crippen molar-refractivity contribution in [2.45, 2.75) is 39.3 Å². The average Bonchev–Trinajstić information content (AvgIpc) is 2.31. The number of nitrogens with two attached hydrogens (primary N) is 1. The minimum absolute atomic E-state index is 0.131. The molecule has 0 aromatic carbocycles. The van der Waals surface area contributed by atoms with Crippen LogP contribution in [0.3, 0.4) is 0 Å². The van der Waals surface area contributed by atoms with Crippen molar-refractivity contribution in [3.63, 3.8) is 0 Å². The Morgan fingerprint density at radius 2 is 2.06 bits per heavy atom. The van der Waals surface area contributed by atoms with E-state index in [9.17, 15) is 5.11 Å². The summed E-state index contributed by atoms with van der Waals surface area (Å²) in [5, 5.41) is 13.0. The second-order valence-electron chi connectivity index (χ2n) is 5.11. The molecule has 2 atom stereocenters. The van der Waals surface area contributed by atoms with E-state index in [0.717, 1.165) is 17.8 Å². The second-order valence-corrected chi connectivity index (χ2v) is 5.11. The third kappa shape index (κ3) is 1.94. The molecule has 1 heterocycles. The van der Waals surface area contributed by atoms with Crippen molar-refractivity contribution in [3.05, 3.63) is 11.9 Å². The summed E-state index contributed by atoms with van der Waals surface area (Å²) >= 11 is 0. The van der Waals surface area contributed by atoms with Crippen LogP contribution in [0.5, 0.6) is 0 Å². The molecule has 1 aromatic rings. The maximum Gasteiger partial charge on any atom is 0.148 e. The molecule has 1 fully saturated rings. The molecule has 0 bridgehead atoms. The topological polar surface area (TPSA) is 96.1 Å². The zero-order valence-corrected chi connectivity index (χ0v) is 10.4. The average molecular weight is 237 g/mol. The largest absolute Gasteiger partial charge is 0.392 e. The van der Waals surface area contributed by atoms with Gasteiger partial charge in [0.15, 0.2) is 0 Å². The molecule has 2 rings (SSSR count). The number of hydrogen-bond acceptors (Lipinski definition) is 6. The van der Waals surface area contributed by atoms with E-state index >= 15 is 0 Å². The fourth-order valence-electron chi connectivity index (χ4n) is 2.05. The number of nitrogens with one attached hydrogen (secondary N) is 2. The van der Waals surface area contributed by atoms with Gasteiger partial charge >= 0.3 is 0 Å². The Hall–Kier alpha value is -1.40. The van der Waals surface area contributed by atoms with Crippen molar-refractivity contribution in [1.82, 2.24) is 9.97 Å². The lowest BCUT2D eigenvalue weighted by Crippen LogP contribution is -2.57. The van der Waals surface area contributed by atoms with Gasteiger partial charge in [0, 0.05) is 17.0 Å². The molecule has 17 heavy (non-hydrogen) atoms. The third-order valence-corrected chi connectivity index (χ3v) is 3.75. The lowest BCUT2D eigenvalue weighted by Gasteiger charge is -2.49. The van der Waals surface area contributed by atoms with Crippen LogP contribution in [0, 0.1) is 12.3 Å². The zero-order valence-electron chi connectivity index (χ0n) is 10.4. The summed E-state index contributed by atoms with van der Waals surface area (Å²) in [6.45, 7) is 5.98. The standard InChI is InChI=1S/C11H19N5O/c1-6-9(13-5-14-10(6)16-12)15-7-4-8(17)11(7,2)3/h5,7-8,17H,4,12H2,1-3H3,(H2,13,14,15,16). The van der Waals surface area contributed by atoms with Crippen LogP contribution in [0.25, 0.3) is 0 Å². The maximum atomic E-state index is 9.69. The highest BCUT2D eigenvalue weighted by Gasteiger charge is 2.47. The molecule has 5 N–H and O–H groups in total. The van der Waals surface area contributed by atoms with Crippen LogP contribution in [0.4, 0.5) is 11.6 Å². The normalized spacial score (nSPS) is 26.2. The predicted octanol–water partition coefficient (Wildman–Crippen LogP) is 0.642. The smallest absolute Gasteiger partial charge is 0.148 e. The number of hydrazine groups is 1. The monoisotopic (exact) mass is 237 g/mol. The first-order chi connectivity index (χ1) is 7.96. The van der Waals surface area contributed by atoms with E-state index in [2.05, 4.69) is 20.7 Å². The van der Waals surface area contributed by atoms with E-state index in [1.54, 1.807) is 0 Å². The quantitative estimate of drug-likeness (QED) is 0.455. The molecule has 94 valence electrons. The van der Waals surface area contributed by atoms with Crippen LogP contribution in [0.2, 0.25) is 0 Å². The number of nitrogen functional groups attached to an aromatic ring is 1. The van der Waals surface area contributed by atoms with Gasteiger partial charge in [0.2, 0.25) is 0 Å². The maximum absolute atomic E-state index is 9.69. The minimum atomic E-state index is -0.255. The van der Waals surface area contributed by atoms with E-state index in [0.29, 0.717) is 5.82 Å². The Bertz CT molecular complexity index is 420. The molecule has 0 radical (unpaired) electrons. The molecule has 0 amide bonds. The van der Waals surface area contributed by atoms with Crippen molar-refractivity contribution in [3.8, 4) is 0 Å². The van der Waals surface area contributed by atoms with Crippen LogP contribution in [-0.4, -0.2) is 27.2 Å². The fraction of sp³-hybridized carbons (Fsp3) is 0.636. The van der Waals surface area contributed by atoms with Crippen LogP contribution in [0.15, 0.2) is 6.33 Å². The Kier molecular flexibility index (Phi) is 2.92. The van der Waals surface area contributed by atoms with Gasteiger partial charge in [0.1, 0.15) is 18.0 Å². The van der Waals surface area contributed by atoms with Gasteiger partial charge in [-0.3, -0.25) is 0 Å². The highest BCUT2D eigenvalue weighted by atomic mass is 16.3. The van der Waals surface area contributed by atoms with E-state index in [-0.39, 0.29) is 17.6 Å². The van der Waals surface area contributed by atoms with Gasteiger partial charge in [-0.05, 0) is 13.3 Å².